The van der Waals surface area contributed by atoms with E-state index >= 15 is 14.4 Å². The largest absolute Gasteiger partial charge is 0.390 e. The normalized spacial score (nSPS) is 28.0. The molecule has 1 saturated heterocycles. The molecule has 1 heterocycles. The van der Waals surface area contributed by atoms with Crippen LogP contribution >= 0.6 is 0 Å². The van der Waals surface area contributed by atoms with Gasteiger partial charge < -0.3 is 49.5 Å². The Morgan fingerprint density at radius 2 is 0.954 bits per heavy atom. The molecule has 1 aliphatic heterocycles. The van der Waals surface area contributed by atoms with E-state index in [0.717, 1.165) is 9.80 Å². The Bertz CT molecular complexity index is 2370. The summed E-state index contributed by atoms with van der Waals surface area (Å²) in [4.78, 5) is 171. The van der Waals surface area contributed by atoms with Crippen molar-refractivity contribution in [1.82, 2.24) is 39.6 Å². The van der Waals surface area contributed by atoms with Crippen molar-refractivity contribution in [2.24, 2.45) is 59.2 Å². The summed E-state index contributed by atoms with van der Waals surface area (Å²) in [5.41, 5.74) is 0. The first-order chi connectivity index (χ1) is 40.2. The van der Waals surface area contributed by atoms with Crippen LogP contribution in [0, 0.1) is 59.2 Å². The smallest absolute Gasteiger partial charge is 0.246 e. The number of Topliss-reactive ketones (excluding diaryl/α,β-unsaturated/α-hetero) is 3. The molecule has 1 rings (SSSR count). The summed E-state index contributed by atoms with van der Waals surface area (Å²) in [6, 6.07) is -9.71. The SMILES string of the molecule is C/C=C/C[C@@H](C)[C@@H](O)[C@H]1C(=O)N[C@@H](CC)C(=O)N(C)C(C)C(=O)N(C)[C@@H]([C@H](C)COC)C(=O)C[C@@H](C(C)C)C(=O)N(C)[C@@H](CC(C)C)C(=O)C[C@@H](C)C(=O)C[C@H](C)C(=O)N(C)[C@@H](CC(C)C)C(=O)N(C)[C@@H](CC(C)C)C(=O)N(C)[C@@H](C(C)C)C(=O)N1C. The summed E-state index contributed by atoms with van der Waals surface area (Å²) >= 11 is 0. The van der Waals surface area contributed by atoms with Gasteiger partial charge in [0.25, 0.3) is 0 Å². The van der Waals surface area contributed by atoms with Crippen LogP contribution in [-0.2, 0) is 57.5 Å². The first kappa shape index (κ1) is 79.4. The molecule has 0 bridgehead atoms. The number of aliphatic hydroxyl groups is 1. The molecule has 8 amide bonds. The number of carbonyl (C=O) groups excluding carboxylic acids is 11. The van der Waals surface area contributed by atoms with Crippen LogP contribution in [-0.4, -0.2) is 222 Å². The highest BCUT2D eigenvalue weighted by Gasteiger charge is 2.46. The van der Waals surface area contributed by atoms with Crippen LogP contribution in [0.25, 0.3) is 0 Å². The number of ether oxygens (including phenoxy) is 1. The Morgan fingerprint density at radius 1 is 0.506 bits per heavy atom. The van der Waals surface area contributed by atoms with Gasteiger partial charge >= 0.3 is 0 Å². The van der Waals surface area contributed by atoms with Crippen molar-refractivity contribution < 1.29 is 62.6 Å². The number of likely N-dealkylation sites (N-methyl/N-ethyl adjacent to an activating group) is 7. The molecule has 87 heavy (non-hydrogen) atoms. The van der Waals surface area contributed by atoms with Crippen molar-refractivity contribution in [3.8, 4) is 0 Å². The second-order valence-corrected chi connectivity index (χ2v) is 27.2. The average Bonchev–Trinajstić information content (AvgIpc) is 1.38. The van der Waals surface area contributed by atoms with E-state index in [0.29, 0.717) is 6.42 Å². The maximum Gasteiger partial charge on any atom is 0.246 e. The van der Waals surface area contributed by atoms with Crippen LogP contribution in [0.15, 0.2) is 12.2 Å². The Morgan fingerprint density at radius 3 is 1.41 bits per heavy atom. The minimum Gasteiger partial charge on any atom is -0.390 e. The van der Waals surface area contributed by atoms with Crippen molar-refractivity contribution in [2.75, 3.05) is 63.1 Å². The van der Waals surface area contributed by atoms with Crippen LogP contribution in [0.4, 0.5) is 0 Å². The van der Waals surface area contributed by atoms with Gasteiger partial charge in [0.05, 0.1) is 24.8 Å². The first-order valence-electron chi connectivity index (χ1n) is 31.7. The lowest BCUT2D eigenvalue weighted by Crippen LogP contribution is -2.63. The highest BCUT2D eigenvalue weighted by atomic mass is 16.5. The third-order valence-corrected chi connectivity index (χ3v) is 17.7. The fourth-order valence-electron chi connectivity index (χ4n) is 12.0. The molecule has 21 heteroatoms. The van der Waals surface area contributed by atoms with Gasteiger partial charge in [0.15, 0.2) is 11.6 Å². The molecule has 1 unspecified atom stereocenters. The predicted molar refractivity (Wildman–Crippen MR) is 338 cm³/mol. The van der Waals surface area contributed by atoms with Gasteiger partial charge in [-0.1, -0.05) is 116 Å². The Hall–Kier alpha value is -5.57. The lowest BCUT2D eigenvalue weighted by molar-refractivity contribution is -0.157. The molecule has 498 valence electrons. The van der Waals surface area contributed by atoms with E-state index in [-0.39, 0.29) is 80.9 Å². The second kappa shape index (κ2) is 36.2. The molecule has 21 nitrogen and oxygen atoms in total. The zero-order chi connectivity index (χ0) is 67.6. The first-order valence-corrected chi connectivity index (χ1v) is 31.7. The minimum absolute atomic E-state index is 0.0163. The zero-order valence-corrected chi connectivity index (χ0v) is 58.0. The molecule has 0 aliphatic carbocycles. The van der Waals surface area contributed by atoms with Gasteiger partial charge in [-0.2, -0.15) is 0 Å². The Kier molecular flexibility index (Phi) is 33.0. The molecule has 1 aliphatic rings. The number of hydrogen-bond acceptors (Lipinski definition) is 13. The number of nitrogens with zero attached hydrogens (tertiary/aromatic N) is 7. The molecule has 0 saturated carbocycles. The summed E-state index contributed by atoms with van der Waals surface area (Å²) < 4.78 is 5.49. The van der Waals surface area contributed by atoms with Crippen LogP contribution in [0.3, 0.4) is 0 Å². The molecule has 2 N–H and O–H groups in total. The number of amides is 8. The second-order valence-electron chi connectivity index (χ2n) is 27.2. The van der Waals surface area contributed by atoms with Crippen LogP contribution in [0.1, 0.15) is 169 Å². The fraction of sp³-hybridized carbons (Fsp3) is 0.803. The maximum absolute atomic E-state index is 15.2. The van der Waals surface area contributed by atoms with Crippen molar-refractivity contribution >= 4 is 64.6 Å². The number of ketones is 3. The molecular formula is C66H116N8O13. The highest BCUT2D eigenvalue weighted by Crippen LogP contribution is 2.29. The lowest BCUT2D eigenvalue weighted by atomic mass is 9.83. The lowest BCUT2D eigenvalue weighted by Gasteiger charge is -2.41. The number of rotatable bonds is 16. The van der Waals surface area contributed by atoms with Gasteiger partial charge in [-0.05, 0) is 81.5 Å². The van der Waals surface area contributed by atoms with E-state index in [1.807, 2.05) is 47.6 Å². The maximum atomic E-state index is 15.2. The molecule has 0 aromatic heterocycles. The molecule has 0 radical (unpaired) electrons. The van der Waals surface area contributed by atoms with Gasteiger partial charge in [0.2, 0.25) is 47.3 Å². The molecule has 1 fully saturated rings. The summed E-state index contributed by atoms with van der Waals surface area (Å²) in [5, 5.41) is 14.9. The van der Waals surface area contributed by atoms with E-state index in [4.69, 9.17) is 4.74 Å². The van der Waals surface area contributed by atoms with Crippen molar-refractivity contribution in [3.63, 3.8) is 0 Å². The molecule has 0 aromatic rings. The average molecular weight is 1230 g/mol. The Balaban J connectivity index is 4.40. The topological polar surface area (TPSA) is 252 Å². The number of aliphatic hydroxyl groups excluding tert-OH is 1. The van der Waals surface area contributed by atoms with Crippen molar-refractivity contribution in [3.05, 3.63) is 12.2 Å². The van der Waals surface area contributed by atoms with Crippen molar-refractivity contribution in [2.45, 2.75) is 224 Å². The quantitative estimate of drug-likeness (QED) is 0.164. The number of allylic oxidation sites excluding steroid dienone is 2. The molecule has 0 spiro atoms. The van der Waals surface area contributed by atoms with E-state index in [1.54, 1.807) is 75.3 Å². The van der Waals surface area contributed by atoms with Gasteiger partial charge in [-0.25, -0.2) is 0 Å². The summed E-state index contributed by atoms with van der Waals surface area (Å²) in [5.74, 6) is -11.5. The van der Waals surface area contributed by atoms with Gasteiger partial charge in [0.1, 0.15) is 42.0 Å². The van der Waals surface area contributed by atoms with E-state index in [9.17, 15) is 43.5 Å². The van der Waals surface area contributed by atoms with Crippen LogP contribution < -0.4 is 5.32 Å². The summed E-state index contributed by atoms with van der Waals surface area (Å²) in [6.07, 6.45) is 2.22. The minimum atomic E-state index is -1.61. The number of carbonyl (C=O) groups is 11. The number of nitrogens with one attached hydrogen (secondary N) is 1. The standard InChI is InChI=1S/C66H116N8O13/c1-26-28-29-42(13)58(78)57-59(79)67-48(27-2)63(83)68(18)46(17)61(81)73(23)56(45(16)36-87-25)54(77)35-47(40(9)10)62(82)69(19)49(30-37(3)4)53(76)33-43(14)52(75)34-44(15)60(80)70(20)50(31-38(5)6)64(84)71(21)51(32-39(7)8)65(85)72(22)55(41(11)12)66(86)74(57)24/h26,28,37-51,55-58,78H,27,29-36H2,1-25H3,(H,67,79)/b28-26+/t42-,43-,44+,45-,46?,47+,48+,49+,50+,51+,55+,56+,57+,58-/m1/s1. The number of hydrogen-bond donors (Lipinski definition) is 2. The van der Waals surface area contributed by atoms with E-state index in [2.05, 4.69) is 5.32 Å². The fourth-order valence-corrected chi connectivity index (χ4v) is 12.0. The van der Waals surface area contributed by atoms with Crippen molar-refractivity contribution in [1.29, 1.82) is 0 Å². The van der Waals surface area contributed by atoms with Gasteiger partial charge in [0, 0.05) is 99.4 Å². The van der Waals surface area contributed by atoms with Crippen LogP contribution in [0.2, 0.25) is 0 Å². The highest BCUT2D eigenvalue weighted by molar-refractivity contribution is 6.00. The van der Waals surface area contributed by atoms with Gasteiger partial charge in [-0.15, -0.1) is 0 Å². The molecular weight excluding hydrogens is 1110 g/mol. The third-order valence-electron chi connectivity index (χ3n) is 17.7. The van der Waals surface area contributed by atoms with E-state index in [1.165, 1.54) is 87.9 Å². The van der Waals surface area contributed by atoms with Crippen LogP contribution in [0.5, 0.6) is 0 Å². The Labute approximate surface area is 522 Å². The summed E-state index contributed by atoms with van der Waals surface area (Å²) in [7, 11) is 11.6. The molecule has 0 aromatic carbocycles. The summed E-state index contributed by atoms with van der Waals surface area (Å²) in [6.45, 7) is 30.1. The monoisotopic (exact) mass is 1230 g/mol. The molecule has 14 atom stereocenters. The predicted octanol–water partition coefficient (Wildman–Crippen LogP) is 6.17. The van der Waals surface area contributed by atoms with Gasteiger partial charge in [-0.3, -0.25) is 52.7 Å². The zero-order valence-electron chi connectivity index (χ0n) is 58.0. The number of methoxy groups -OCH3 is 1. The third kappa shape index (κ3) is 21.6. The van der Waals surface area contributed by atoms with E-state index < -0.39 is 149 Å².